The quantitative estimate of drug-likeness (QED) is 0.319. The van der Waals surface area contributed by atoms with Crippen molar-refractivity contribution < 1.29 is 9.18 Å². The van der Waals surface area contributed by atoms with Crippen LogP contribution in [0.2, 0.25) is 0 Å². The van der Waals surface area contributed by atoms with Crippen LogP contribution in [0.15, 0.2) is 91.3 Å². The van der Waals surface area contributed by atoms with E-state index in [1.165, 1.54) is 12.1 Å². The lowest BCUT2D eigenvalue weighted by Gasteiger charge is -2.31. The number of likely N-dealkylation sites (tertiary alicyclic amines) is 1. The SMILES string of the molecule is O=C(/C=C/c1cn(-c2ccccc2)nc1-c1ccc(F)cc1)N1CCCC(c2nnc3ccccn23)C1. The van der Waals surface area contributed by atoms with Gasteiger partial charge in [0.25, 0.3) is 0 Å². The lowest BCUT2D eigenvalue weighted by Crippen LogP contribution is -2.38. The maximum atomic E-state index is 13.6. The van der Waals surface area contributed by atoms with E-state index in [0.29, 0.717) is 18.8 Å². The number of carbonyl (C=O) groups excluding carboxylic acids is 1. The van der Waals surface area contributed by atoms with Crippen molar-refractivity contribution in [2.45, 2.75) is 18.8 Å². The van der Waals surface area contributed by atoms with Crippen molar-refractivity contribution in [2.24, 2.45) is 0 Å². The second-order valence-corrected chi connectivity index (χ2v) is 9.16. The predicted octanol–water partition coefficient (Wildman–Crippen LogP) is 5.14. The summed E-state index contributed by atoms with van der Waals surface area (Å²) in [5, 5.41) is 13.4. The van der Waals surface area contributed by atoms with Gasteiger partial charge in [0, 0.05) is 48.6 Å². The molecule has 8 heteroatoms. The Morgan fingerprint density at radius 3 is 2.62 bits per heavy atom. The summed E-state index contributed by atoms with van der Waals surface area (Å²) < 4.78 is 17.3. The van der Waals surface area contributed by atoms with Crippen molar-refractivity contribution in [3.8, 4) is 16.9 Å². The summed E-state index contributed by atoms with van der Waals surface area (Å²) in [6.45, 7) is 1.29. The van der Waals surface area contributed by atoms with Crippen molar-refractivity contribution in [1.29, 1.82) is 0 Å². The molecule has 0 spiro atoms. The van der Waals surface area contributed by atoms with Gasteiger partial charge in [-0.1, -0.05) is 24.3 Å². The normalized spacial score (nSPS) is 16.0. The zero-order valence-corrected chi connectivity index (χ0v) is 20.1. The minimum atomic E-state index is -0.307. The number of amides is 1. The zero-order chi connectivity index (χ0) is 25.2. The van der Waals surface area contributed by atoms with Crippen molar-refractivity contribution in [2.75, 3.05) is 13.1 Å². The second-order valence-electron chi connectivity index (χ2n) is 9.16. The highest BCUT2D eigenvalue weighted by Gasteiger charge is 2.27. The first kappa shape index (κ1) is 22.8. The number of pyridine rings is 1. The number of fused-ring (bicyclic) bond motifs is 1. The summed E-state index contributed by atoms with van der Waals surface area (Å²) in [6, 6.07) is 21.8. The Balaban J connectivity index is 1.26. The summed E-state index contributed by atoms with van der Waals surface area (Å²) in [4.78, 5) is 15.1. The van der Waals surface area contributed by atoms with Gasteiger partial charge in [-0.3, -0.25) is 9.20 Å². The number of hydrogen-bond donors (Lipinski definition) is 0. The molecule has 4 heterocycles. The van der Waals surface area contributed by atoms with E-state index >= 15 is 0 Å². The summed E-state index contributed by atoms with van der Waals surface area (Å²) in [5.41, 5.74) is 3.95. The molecule has 1 unspecified atom stereocenters. The van der Waals surface area contributed by atoms with Crippen LogP contribution in [0.5, 0.6) is 0 Å². The molecule has 0 aliphatic carbocycles. The number of hydrogen-bond acceptors (Lipinski definition) is 4. The number of benzene rings is 2. The van der Waals surface area contributed by atoms with Gasteiger partial charge in [0.15, 0.2) is 5.65 Å². The smallest absolute Gasteiger partial charge is 0.246 e. The fourth-order valence-electron chi connectivity index (χ4n) is 4.85. The van der Waals surface area contributed by atoms with Crippen LogP contribution in [0.3, 0.4) is 0 Å². The van der Waals surface area contributed by atoms with Crippen molar-refractivity contribution in [3.05, 3.63) is 108 Å². The Morgan fingerprint density at radius 1 is 0.973 bits per heavy atom. The van der Waals surface area contributed by atoms with Crippen LogP contribution in [-0.2, 0) is 4.79 Å². The average Bonchev–Trinajstić information content (AvgIpc) is 3.58. The van der Waals surface area contributed by atoms with Crippen LogP contribution in [0.25, 0.3) is 28.7 Å². The first-order chi connectivity index (χ1) is 18.2. The fraction of sp³-hybridized carbons (Fsp3) is 0.172. The van der Waals surface area contributed by atoms with Crippen LogP contribution >= 0.6 is 0 Å². The van der Waals surface area contributed by atoms with Gasteiger partial charge in [-0.05, 0) is 67.4 Å². The van der Waals surface area contributed by atoms with Crippen LogP contribution < -0.4 is 0 Å². The van der Waals surface area contributed by atoms with E-state index in [1.807, 2.05) is 70.2 Å². The largest absolute Gasteiger partial charge is 0.338 e. The van der Waals surface area contributed by atoms with Crippen LogP contribution in [-0.4, -0.2) is 48.3 Å². The van der Waals surface area contributed by atoms with Crippen LogP contribution in [0.1, 0.15) is 30.1 Å². The van der Waals surface area contributed by atoms with Crippen molar-refractivity contribution >= 4 is 17.6 Å². The Hall–Kier alpha value is -4.59. The number of aromatic nitrogens is 5. The zero-order valence-electron chi connectivity index (χ0n) is 20.1. The van der Waals surface area contributed by atoms with E-state index in [9.17, 15) is 9.18 Å². The minimum absolute atomic E-state index is 0.0592. The fourth-order valence-corrected chi connectivity index (χ4v) is 4.85. The Labute approximate surface area is 213 Å². The van der Waals surface area contributed by atoms with Gasteiger partial charge < -0.3 is 4.90 Å². The molecule has 0 bridgehead atoms. The van der Waals surface area contributed by atoms with Crippen LogP contribution in [0.4, 0.5) is 4.39 Å². The maximum absolute atomic E-state index is 13.6. The van der Waals surface area contributed by atoms with Gasteiger partial charge in [0.2, 0.25) is 5.91 Å². The second kappa shape index (κ2) is 9.81. The van der Waals surface area contributed by atoms with E-state index in [4.69, 9.17) is 5.10 Å². The molecule has 1 atom stereocenters. The Bertz CT molecular complexity index is 1570. The molecule has 5 aromatic rings. The molecule has 2 aromatic carbocycles. The molecule has 1 amide bonds. The monoisotopic (exact) mass is 492 g/mol. The molecule has 3 aromatic heterocycles. The average molecular weight is 493 g/mol. The first-order valence-corrected chi connectivity index (χ1v) is 12.3. The lowest BCUT2D eigenvalue weighted by molar-refractivity contribution is -0.127. The highest BCUT2D eigenvalue weighted by molar-refractivity contribution is 5.93. The molecular formula is C29H25FN6O. The molecule has 7 nitrogen and oxygen atoms in total. The number of carbonyl (C=O) groups is 1. The number of halogens is 1. The first-order valence-electron chi connectivity index (χ1n) is 12.3. The molecule has 1 aliphatic heterocycles. The van der Waals surface area contributed by atoms with Crippen molar-refractivity contribution in [1.82, 2.24) is 29.3 Å². The van der Waals surface area contributed by atoms with Gasteiger partial charge in [-0.25, -0.2) is 9.07 Å². The topological polar surface area (TPSA) is 68.3 Å². The van der Waals surface area contributed by atoms with E-state index in [-0.39, 0.29) is 17.6 Å². The minimum Gasteiger partial charge on any atom is -0.338 e. The third-order valence-corrected chi connectivity index (χ3v) is 6.72. The third kappa shape index (κ3) is 4.65. The van der Waals surface area contributed by atoms with E-state index in [1.54, 1.807) is 29.0 Å². The van der Waals surface area contributed by atoms with E-state index in [2.05, 4.69) is 10.2 Å². The predicted molar refractivity (Wildman–Crippen MR) is 140 cm³/mol. The number of nitrogens with zero attached hydrogens (tertiary/aromatic N) is 6. The molecule has 37 heavy (non-hydrogen) atoms. The Kier molecular flexibility index (Phi) is 6.06. The van der Waals surface area contributed by atoms with E-state index < -0.39 is 0 Å². The molecule has 0 N–H and O–H groups in total. The molecule has 1 aliphatic rings. The summed E-state index contributed by atoms with van der Waals surface area (Å²) in [5.74, 6) is 0.647. The Morgan fingerprint density at radius 2 is 1.78 bits per heavy atom. The molecule has 0 saturated carbocycles. The lowest BCUT2D eigenvalue weighted by atomic mass is 9.97. The van der Waals surface area contributed by atoms with Gasteiger partial charge in [0.05, 0.1) is 11.4 Å². The van der Waals surface area contributed by atoms with Crippen molar-refractivity contribution in [3.63, 3.8) is 0 Å². The molecule has 1 fully saturated rings. The standard InChI is InChI=1S/C29H25FN6O/c30-24-14-11-21(12-15-24)28-22(20-36(33-28)25-8-2-1-3-9-25)13-16-27(37)34-17-6-7-23(19-34)29-32-31-26-10-4-5-18-35(26)29/h1-5,8-16,18,20,23H,6-7,17,19H2/b16-13+. The van der Waals surface area contributed by atoms with Gasteiger partial charge in [-0.2, -0.15) is 5.10 Å². The van der Waals surface area contributed by atoms with E-state index in [0.717, 1.165) is 41.1 Å². The highest BCUT2D eigenvalue weighted by Crippen LogP contribution is 2.28. The molecular weight excluding hydrogens is 467 g/mol. The number of rotatable bonds is 5. The number of para-hydroxylation sites is 1. The molecule has 0 radical (unpaired) electrons. The summed E-state index contributed by atoms with van der Waals surface area (Å²) in [7, 11) is 0. The molecule has 6 rings (SSSR count). The van der Waals surface area contributed by atoms with Crippen LogP contribution in [0, 0.1) is 5.82 Å². The molecule has 184 valence electrons. The van der Waals surface area contributed by atoms with Gasteiger partial charge in [0.1, 0.15) is 11.6 Å². The maximum Gasteiger partial charge on any atom is 0.246 e. The van der Waals surface area contributed by atoms with Gasteiger partial charge >= 0.3 is 0 Å². The summed E-state index contributed by atoms with van der Waals surface area (Å²) in [6.07, 6.45) is 9.11. The number of piperidine rings is 1. The molecule has 1 saturated heterocycles. The highest BCUT2D eigenvalue weighted by atomic mass is 19.1. The third-order valence-electron chi connectivity index (χ3n) is 6.72. The summed E-state index contributed by atoms with van der Waals surface area (Å²) >= 11 is 0. The van der Waals surface area contributed by atoms with Gasteiger partial charge in [-0.15, -0.1) is 10.2 Å².